The monoisotopic (exact) mass is 222 g/mol. The molecular formula is C13H22N2O. The molecular weight excluding hydrogens is 200 g/mol. The third-order valence-electron chi connectivity index (χ3n) is 3.35. The van der Waals surface area contributed by atoms with Crippen molar-refractivity contribution in [2.45, 2.75) is 39.8 Å². The number of hydrogen-bond donors (Lipinski definition) is 1. The number of hydrogen-bond acceptors (Lipinski definition) is 2. The maximum absolute atomic E-state index is 11.7. The molecule has 0 amide bonds. The summed E-state index contributed by atoms with van der Waals surface area (Å²) in [5, 5.41) is 3.30. The molecule has 0 aliphatic carbocycles. The van der Waals surface area contributed by atoms with Crippen LogP contribution in [0.1, 0.15) is 26.0 Å². The molecule has 16 heavy (non-hydrogen) atoms. The summed E-state index contributed by atoms with van der Waals surface area (Å²) in [6, 6.07) is 5.76. The van der Waals surface area contributed by atoms with E-state index in [1.807, 2.05) is 30.7 Å². The predicted octanol–water partition coefficient (Wildman–Crippen LogP) is 1.79. The van der Waals surface area contributed by atoms with Crippen LogP contribution in [0.5, 0.6) is 0 Å². The zero-order valence-corrected chi connectivity index (χ0v) is 10.7. The summed E-state index contributed by atoms with van der Waals surface area (Å²) in [6.45, 7) is 7.11. The molecule has 0 bridgehead atoms. The second kappa shape index (κ2) is 5.85. The van der Waals surface area contributed by atoms with Crippen molar-refractivity contribution in [3.05, 3.63) is 34.2 Å². The van der Waals surface area contributed by atoms with Gasteiger partial charge in [0.2, 0.25) is 0 Å². The first-order valence-corrected chi connectivity index (χ1v) is 5.93. The van der Waals surface area contributed by atoms with Crippen LogP contribution in [0.3, 0.4) is 0 Å². The quantitative estimate of drug-likeness (QED) is 0.824. The van der Waals surface area contributed by atoms with Crippen molar-refractivity contribution in [3.8, 4) is 0 Å². The minimum atomic E-state index is 0.0866. The van der Waals surface area contributed by atoms with Crippen molar-refractivity contribution in [2.24, 2.45) is 5.92 Å². The summed E-state index contributed by atoms with van der Waals surface area (Å²) in [5.74, 6) is 0.566. The summed E-state index contributed by atoms with van der Waals surface area (Å²) in [4.78, 5) is 11.7. The molecule has 0 aromatic carbocycles. The van der Waals surface area contributed by atoms with Gasteiger partial charge in [0, 0.05) is 24.3 Å². The van der Waals surface area contributed by atoms with Gasteiger partial charge in [-0.15, -0.1) is 0 Å². The molecule has 2 atom stereocenters. The third kappa shape index (κ3) is 2.95. The highest BCUT2D eigenvalue weighted by atomic mass is 16.1. The first-order valence-electron chi connectivity index (χ1n) is 5.93. The predicted molar refractivity (Wildman–Crippen MR) is 67.7 cm³/mol. The fourth-order valence-electron chi connectivity index (χ4n) is 1.89. The van der Waals surface area contributed by atoms with E-state index in [4.69, 9.17) is 0 Å². The van der Waals surface area contributed by atoms with Crippen LogP contribution < -0.4 is 10.9 Å². The summed E-state index contributed by atoms with van der Waals surface area (Å²) < 4.78 is 1.84. The molecule has 0 aliphatic rings. The van der Waals surface area contributed by atoms with Gasteiger partial charge >= 0.3 is 0 Å². The lowest BCUT2D eigenvalue weighted by Gasteiger charge is -2.24. The number of likely N-dealkylation sites (N-methyl/N-ethyl adjacent to an activating group) is 1. The van der Waals surface area contributed by atoms with E-state index in [-0.39, 0.29) is 5.56 Å². The maximum Gasteiger partial charge on any atom is 0.250 e. The Balaban J connectivity index is 2.90. The molecule has 1 aromatic heterocycles. The van der Waals surface area contributed by atoms with Crippen molar-refractivity contribution < 1.29 is 0 Å². The van der Waals surface area contributed by atoms with Crippen LogP contribution in [-0.2, 0) is 6.54 Å². The summed E-state index contributed by atoms with van der Waals surface area (Å²) in [5.41, 5.74) is 1.11. The first kappa shape index (κ1) is 13.0. The Morgan fingerprint density at radius 1 is 1.44 bits per heavy atom. The third-order valence-corrected chi connectivity index (χ3v) is 3.35. The molecule has 0 radical (unpaired) electrons. The molecule has 3 nitrogen and oxygen atoms in total. The van der Waals surface area contributed by atoms with Crippen molar-refractivity contribution in [1.82, 2.24) is 9.88 Å². The molecule has 0 spiro atoms. The zero-order chi connectivity index (χ0) is 12.1. The fourth-order valence-corrected chi connectivity index (χ4v) is 1.89. The fraction of sp³-hybridized carbons (Fsp3) is 0.615. The number of rotatable bonds is 5. The van der Waals surface area contributed by atoms with Gasteiger partial charge in [-0.05, 0) is 26.0 Å². The molecule has 1 rings (SSSR count). The molecule has 1 N–H and O–H groups in total. The number of nitrogens with one attached hydrogen (secondary N) is 1. The summed E-state index contributed by atoms with van der Waals surface area (Å²) in [6.07, 6.45) is 1.12. The van der Waals surface area contributed by atoms with Crippen LogP contribution >= 0.6 is 0 Å². The van der Waals surface area contributed by atoms with Gasteiger partial charge in [0.25, 0.3) is 5.56 Å². The SMILES string of the molecule is CCC(C)C(Cn1c(C)cccc1=O)NC. The van der Waals surface area contributed by atoms with Crippen LogP contribution in [0.4, 0.5) is 0 Å². The smallest absolute Gasteiger partial charge is 0.250 e. The Morgan fingerprint density at radius 2 is 2.12 bits per heavy atom. The lowest BCUT2D eigenvalue weighted by molar-refractivity contribution is 0.342. The molecule has 90 valence electrons. The van der Waals surface area contributed by atoms with E-state index in [2.05, 4.69) is 19.2 Å². The van der Waals surface area contributed by atoms with Gasteiger partial charge in [-0.2, -0.15) is 0 Å². The van der Waals surface area contributed by atoms with Gasteiger partial charge in [0.05, 0.1) is 0 Å². The topological polar surface area (TPSA) is 34.0 Å². The number of aromatic nitrogens is 1. The van der Waals surface area contributed by atoms with Gasteiger partial charge in [-0.3, -0.25) is 4.79 Å². The highest BCUT2D eigenvalue weighted by Gasteiger charge is 2.15. The lowest BCUT2D eigenvalue weighted by Crippen LogP contribution is -2.39. The van der Waals surface area contributed by atoms with E-state index < -0.39 is 0 Å². The normalized spacial score (nSPS) is 14.8. The van der Waals surface area contributed by atoms with E-state index >= 15 is 0 Å². The molecule has 0 aliphatic heterocycles. The highest BCUT2D eigenvalue weighted by Crippen LogP contribution is 2.09. The molecule has 2 unspecified atom stereocenters. The lowest BCUT2D eigenvalue weighted by atomic mass is 9.99. The zero-order valence-electron chi connectivity index (χ0n) is 10.7. The molecule has 0 saturated carbocycles. The van der Waals surface area contributed by atoms with Crippen LogP contribution in [0, 0.1) is 12.8 Å². The van der Waals surface area contributed by atoms with Gasteiger partial charge in [0.1, 0.15) is 0 Å². The van der Waals surface area contributed by atoms with Gasteiger partial charge in [0.15, 0.2) is 0 Å². The average molecular weight is 222 g/mol. The largest absolute Gasteiger partial charge is 0.315 e. The molecule has 3 heteroatoms. The summed E-state index contributed by atoms with van der Waals surface area (Å²) >= 11 is 0. The van der Waals surface area contributed by atoms with Crippen molar-refractivity contribution in [2.75, 3.05) is 7.05 Å². The Morgan fingerprint density at radius 3 is 2.62 bits per heavy atom. The van der Waals surface area contributed by atoms with Gasteiger partial charge in [-0.1, -0.05) is 26.3 Å². The van der Waals surface area contributed by atoms with Gasteiger partial charge < -0.3 is 9.88 Å². The minimum absolute atomic E-state index is 0.0866. The molecule has 1 heterocycles. The van der Waals surface area contributed by atoms with Crippen LogP contribution in [0.25, 0.3) is 0 Å². The number of aryl methyl sites for hydroxylation is 1. The number of pyridine rings is 1. The van der Waals surface area contributed by atoms with E-state index in [1.165, 1.54) is 0 Å². The van der Waals surface area contributed by atoms with Crippen molar-refractivity contribution >= 4 is 0 Å². The Bertz CT molecular complexity index is 384. The minimum Gasteiger partial charge on any atom is -0.315 e. The van der Waals surface area contributed by atoms with E-state index in [0.29, 0.717) is 12.0 Å². The van der Waals surface area contributed by atoms with E-state index in [0.717, 1.165) is 18.7 Å². The number of nitrogens with zero attached hydrogens (tertiary/aromatic N) is 1. The van der Waals surface area contributed by atoms with Crippen molar-refractivity contribution in [1.29, 1.82) is 0 Å². The first-order chi connectivity index (χ1) is 7.60. The van der Waals surface area contributed by atoms with Gasteiger partial charge in [-0.25, -0.2) is 0 Å². The Labute approximate surface area is 97.5 Å². The Hall–Kier alpha value is -1.09. The van der Waals surface area contributed by atoms with Crippen molar-refractivity contribution in [3.63, 3.8) is 0 Å². The maximum atomic E-state index is 11.7. The van der Waals surface area contributed by atoms with E-state index in [1.54, 1.807) is 6.07 Å². The van der Waals surface area contributed by atoms with E-state index in [9.17, 15) is 4.79 Å². The van der Waals surface area contributed by atoms with Crippen LogP contribution in [0.2, 0.25) is 0 Å². The second-order valence-electron chi connectivity index (χ2n) is 4.40. The molecule has 0 saturated heterocycles. The Kier molecular flexibility index (Phi) is 4.74. The standard InChI is InChI=1S/C13H22N2O/c1-5-10(2)12(14-4)9-15-11(3)7-6-8-13(15)16/h6-8,10,12,14H,5,9H2,1-4H3. The molecule has 1 aromatic rings. The average Bonchev–Trinajstić information content (AvgIpc) is 2.28. The molecule has 0 fully saturated rings. The van der Waals surface area contributed by atoms with Crippen LogP contribution in [-0.4, -0.2) is 17.7 Å². The summed E-state index contributed by atoms with van der Waals surface area (Å²) in [7, 11) is 1.96. The highest BCUT2D eigenvalue weighted by molar-refractivity contribution is 5.04. The van der Waals surface area contributed by atoms with Crippen LogP contribution in [0.15, 0.2) is 23.0 Å². The second-order valence-corrected chi connectivity index (χ2v) is 4.40.